The van der Waals surface area contributed by atoms with Gasteiger partial charge < -0.3 is 4.74 Å². The lowest BCUT2D eigenvalue weighted by Crippen LogP contribution is -2.34. The summed E-state index contributed by atoms with van der Waals surface area (Å²) >= 11 is 1.05. The van der Waals surface area contributed by atoms with Crippen LogP contribution in [0, 0.1) is 0 Å². The zero-order valence-corrected chi connectivity index (χ0v) is 10.5. The van der Waals surface area contributed by atoms with Crippen LogP contribution < -0.4 is 11.1 Å². The number of thioether (sulfide) groups is 1. The molecule has 1 unspecified atom stereocenters. The van der Waals surface area contributed by atoms with E-state index in [1.807, 2.05) is 0 Å². The molecule has 7 nitrogen and oxygen atoms in total. The molecule has 0 aromatic carbocycles. The number of esters is 1. The zero-order valence-electron chi connectivity index (χ0n) is 9.72. The molecular weight excluding hydrogens is 246 g/mol. The van der Waals surface area contributed by atoms with Crippen molar-refractivity contribution in [2.24, 2.45) is 7.05 Å². The minimum absolute atomic E-state index is 0.259. The predicted molar refractivity (Wildman–Crippen MR) is 62.1 cm³/mol. The summed E-state index contributed by atoms with van der Waals surface area (Å²) in [7, 11) is 1.54. The third kappa shape index (κ3) is 3.45. The van der Waals surface area contributed by atoms with Gasteiger partial charge in [-0.1, -0.05) is 11.8 Å². The summed E-state index contributed by atoms with van der Waals surface area (Å²) in [6, 6.07) is 0. The number of hydrogen-bond donors (Lipinski definition) is 1. The Hall–Kier alpha value is -1.57. The highest BCUT2D eigenvalue weighted by atomic mass is 32.2. The summed E-state index contributed by atoms with van der Waals surface area (Å²) in [4.78, 5) is 37.0. The lowest BCUT2D eigenvalue weighted by molar-refractivity contribution is -0.142. The molecule has 0 bridgehead atoms. The quantitative estimate of drug-likeness (QED) is 0.445. The fourth-order valence-electron chi connectivity index (χ4n) is 1.03. The van der Waals surface area contributed by atoms with E-state index in [-0.39, 0.29) is 5.16 Å². The third-order valence-corrected chi connectivity index (χ3v) is 2.97. The van der Waals surface area contributed by atoms with Crippen LogP contribution in [-0.4, -0.2) is 32.6 Å². The molecule has 0 spiro atoms. The molecule has 1 aromatic rings. The van der Waals surface area contributed by atoms with Crippen molar-refractivity contribution >= 4 is 17.7 Å². The fourth-order valence-corrected chi connectivity index (χ4v) is 1.85. The van der Waals surface area contributed by atoms with Gasteiger partial charge in [0.25, 0.3) is 0 Å². The predicted octanol–water partition coefficient (Wildman–Crippen LogP) is -0.488. The summed E-state index contributed by atoms with van der Waals surface area (Å²) in [5.41, 5.74) is -1.66. The number of rotatable bonds is 4. The van der Waals surface area contributed by atoms with Crippen molar-refractivity contribution in [1.29, 1.82) is 0 Å². The topological polar surface area (TPSA) is 94.1 Å². The number of carbonyl (C=O) groups is 1. The average Bonchev–Trinajstić information content (AvgIpc) is 2.26. The Morgan fingerprint density at radius 3 is 2.82 bits per heavy atom. The lowest BCUT2D eigenvalue weighted by Gasteiger charge is -2.11. The van der Waals surface area contributed by atoms with E-state index in [9.17, 15) is 14.4 Å². The molecule has 94 valence electrons. The van der Waals surface area contributed by atoms with Gasteiger partial charge in [0.1, 0.15) is 5.25 Å². The molecule has 0 saturated heterocycles. The normalized spacial score (nSPS) is 12.2. The van der Waals surface area contributed by atoms with E-state index in [1.54, 1.807) is 13.8 Å². The van der Waals surface area contributed by atoms with E-state index in [2.05, 4.69) is 10.1 Å². The molecular formula is C9H13N3O4S. The van der Waals surface area contributed by atoms with Crippen molar-refractivity contribution in [3.8, 4) is 0 Å². The standard InChI is InChI=1S/C9H13N3O4S/c1-4-16-8(15)5(2)17-9-10-6(13)7(14)11-12(9)3/h5H,4H2,1-3H3,(H,11,14). The third-order valence-electron chi connectivity index (χ3n) is 1.85. The monoisotopic (exact) mass is 259 g/mol. The Bertz CT molecular complexity index is 522. The lowest BCUT2D eigenvalue weighted by atomic mass is 10.5. The van der Waals surface area contributed by atoms with Crippen molar-refractivity contribution in [3.63, 3.8) is 0 Å². The number of ether oxygens (including phenoxy) is 1. The summed E-state index contributed by atoms with van der Waals surface area (Å²) in [5.74, 6) is -0.391. The highest BCUT2D eigenvalue weighted by molar-refractivity contribution is 8.00. The van der Waals surface area contributed by atoms with Gasteiger partial charge in [-0.05, 0) is 13.8 Å². The molecule has 1 rings (SSSR count). The van der Waals surface area contributed by atoms with Gasteiger partial charge in [-0.3, -0.25) is 24.2 Å². The van der Waals surface area contributed by atoms with Crippen LogP contribution in [0.1, 0.15) is 13.8 Å². The molecule has 17 heavy (non-hydrogen) atoms. The van der Waals surface area contributed by atoms with Crippen LogP contribution in [0.3, 0.4) is 0 Å². The van der Waals surface area contributed by atoms with Gasteiger partial charge in [-0.25, -0.2) is 0 Å². The number of hydrogen-bond acceptors (Lipinski definition) is 6. The van der Waals surface area contributed by atoms with Crippen LogP contribution >= 0.6 is 11.8 Å². The van der Waals surface area contributed by atoms with Crippen LogP contribution in [0.4, 0.5) is 0 Å². The number of aryl methyl sites for hydroxylation is 1. The first kappa shape index (κ1) is 13.5. The SMILES string of the molecule is CCOC(=O)C(C)Sc1nc(=O)c(=O)[nH]n1C. The maximum absolute atomic E-state index is 11.4. The molecule has 0 radical (unpaired) electrons. The van der Waals surface area contributed by atoms with Crippen molar-refractivity contribution in [3.05, 3.63) is 20.7 Å². The summed E-state index contributed by atoms with van der Waals surface area (Å²) in [6.45, 7) is 3.64. The molecule has 1 N–H and O–H groups in total. The smallest absolute Gasteiger partial charge is 0.339 e. The van der Waals surface area contributed by atoms with Gasteiger partial charge in [0.2, 0.25) is 0 Å². The van der Waals surface area contributed by atoms with E-state index in [0.29, 0.717) is 6.61 Å². The van der Waals surface area contributed by atoms with Crippen LogP contribution in [-0.2, 0) is 16.6 Å². The first-order valence-corrected chi connectivity index (χ1v) is 5.84. The molecule has 0 amide bonds. The number of carbonyl (C=O) groups excluding carboxylic acids is 1. The maximum Gasteiger partial charge on any atom is 0.339 e. The van der Waals surface area contributed by atoms with E-state index >= 15 is 0 Å². The van der Waals surface area contributed by atoms with Gasteiger partial charge in [0.15, 0.2) is 5.16 Å². The maximum atomic E-state index is 11.4. The average molecular weight is 259 g/mol. The van der Waals surface area contributed by atoms with Gasteiger partial charge >= 0.3 is 17.1 Å². The largest absolute Gasteiger partial charge is 0.465 e. The second kappa shape index (κ2) is 5.67. The molecule has 1 heterocycles. The van der Waals surface area contributed by atoms with Crippen LogP contribution in [0.25, 0.3) is 0 Å². The number of H-pyrrole nitrogens is 1. The highest BCUT2D eigenvalue weighted by Crippen LogP contribution is 2.19. The van der Waals surface area contributed by atoms with E-state index in [4.69, 9.17) is 4.74 Å². The minimum Gasteiger partial charge on any atom is -0.465 e. The minimum atomic E-state index is -0.873. The van der Waals surface area contributed by atoms with Gasteiger partial charge in [-0.15, -0.1) is 0 Å². The Morgan fingerprint density at radius 2 is 2.24 bits per heavy atom. The number of aromatic amines is 1. The number of nitrogens with one attached hydrogen (secondary N) is 1. The Balaban J connectivity index is 2.89. The second-order valence-electron chi connectivity index (χ2n) is 3.21. The van der Waals surface area contributed by atoms with E-state index in [0.717, 1.165) is 11.8 Å². The fraction of sp³-hybridized carbons (Fsp3) is 0.556. The molecule has 0 saturated carbocycles. The second-order valence-corrected chi connectivity index (χ2v) is 4.52. The molecule has 0 aliphatic carbocycles. The van der Waals surface area contributed by atoms with Gasteiger partial charge in [0, 0.05) is 7.05 Å². The first-order valence-electron chi connectivity index (χ1n) is 4.96. The summed E-state index contributed by atoms with van der Waals surface area (Å²) < 4.78 is 6.12. The Morgan fingerprint density at radius 1 is 1.59 bits per heavy atom. The molecule has 8 heteroatoms. The van der Waals surface area contributed by atoms with Crippen LogP contribution in [0.5, 0.6) is 0 Å². The molecule has 0 aliphatic rings. The Kier molecular flexibility index (Phi) is 4.50. The number of aromatic nitrogens is 3. The van der Waals surface area contributed by atoms with Gasteiger partial charge in [0.05, 0.1) is 6.61 Å². The molecule has 1 aromatic heterocycles. The summed E-state index contributed by atoms with van der Waals surface area (Å²) in [6.07, 6.45) is 0. The highest BCUT2D eigenvalue weighted by Gasteiger charge is 2.18. The van der Waals surface area contributed by atoms with Crippen molar-refractivity contribution in [2.45, 2.75) is 24.3 Å². The van der Waals surface area contributed by atoms with Gasteiger partial charge in [-0.2, -0.15) is 4.98 Å². The van der Waals surface area contributed by atoms with E-state index < -0.39 is 22.3 Å². The first-order chi connectivity index (χ1) is 7.95. The number of nitrogens with zero attached hydrogens (tertiary/aromatic N) is 2. The Labute approximate surface area is 101 Å². The van der Waals surface area contributed by atoms with Crippen molar-refractivity contribution in [2.75, 3.05) is 6.61 Å². The molecule has 0 aliphatic heterocycles. The van der Waals surface area contributed by atoms with Crippen LogP contribution in [0.2, 0.25) is 0 Å². The van der Waals surface area contributed by atoms with Crippen LogP contribution in [0.15, 0.2) is 14.7 Å². The zero-order chi connectivity index (χ0) is 13.0. The molecule has 1 atom stereocenters. The molecule has 0 fully saturated rings. The van der Waals surface area contributed by atoms with Crippen molar-refractivity contribution in [1.82, 2.24) is 14.8 Å². The van der Waals surface area contributed by atoms with E-state index in [1.165, 1.54) is 11.7 Å². The summed E-state index contributed by atoms with van der Waals surface area (Å²) in [5, 5.41) is 2.05. The van der Waals surface area contributed by atoms with Crippen molar-refractivity contribution < 1.29 is 9.53 Å².